The maximum Gasteiger partial charge on any atom is 0.326 e. The topological polar surface area (TPSA) is 104 Å². The Morgan fingerprint density at radius 1 is 1.16 bits per heavy atom. The highest BCUT2D eigenvalue weighted by atomic mass is 16.4. The van der Waals surface area contributed by atoms with Crippen molar-refractivity contribution in [2.45, 2.75) is 25.4 Å². The van der Waals surface area contributed by atoms with Crippen molar-refractivity contribution in [1.29, 1.82) is 0 Å². The normalized spacial score (nSPS) is 24.6. The van der Waals surface area contributed by atoms with E-state index in [0.29, 0.717) is 32.6 Å². The molecule has 2 heterocycles. The molecule has 7 nitrogen and oxygen atoms in total. The number of aliphatic carboxylic acids is 1. The molecule has 0 aromatic heterocycles. The fourth-order valence-electron chi connectivity index (χ4n) is 3.80. The van der Waals surface area contributed by atoms with Crippen molar-refractivity contribution in [2.24, 2.45) is 17.6 Å². The van der Waals surface area contributed by atoms with E-state index in [-0.39, 0.29) is 18.2 Å². The van der Waals surface area contributed by atoms with E-state index >= 15 is 0 Å². The zero-order chi connectivity index (χ0) is 18.0. The number of nitrogens with zero attached hydrogens (tertiary/aromatic N) is 2. The molecular weight excluding hydrogens is 322 g/mol. The number of amides is 2. The van der Waals surface area contributed by atoms with Gasteiger partial charge < -0.3 is 10.8 Å². The summed E-state index contributed by atoms with van der Waals surface area (Å²) in [7, 11) is 0. The Bertz CT molecular complexity index is 640. The van der Waals surface area contributed by atoms with E-state index in [0.717, 1.165) is 10.5 Å². The lowest BCUT2D eigenvalue weighted by atomic mass is 10.00. The standard InChI is InChI=1S/C18H23N3O4/c19-8-4-7-15(18(24)25)21-16(22)13-10-20(11-14(13)17(21)23)9-12-5-2-1-3-6-12/h1-3,5-6,13-15H,4,7-11,19H2,(H,24,25)/t13?,14?,15-/m0/s1. The van der Waals surface area contributed by atoms with Crippen molar-refractivity contribution in [2.75, 3.05) is 19.6 Å². The summed E-state index contributed by atoms with van der Waals surface area (Å²) < 4.78 is 0. The Kier molecular flexibility index (Phi) is 5.15. The second-order valence-electron chi connectivity index (χ2n) is 6.72. The second kappa shape index (κ2) is 7.33. The lowest BCUT2D eigenvalue weighted by molar-refractivity contribution is -0.155. The number of imide groups is 1. The van der Waals surface area contributed by atoms with E-state index in [1.165, 1.54) is 0 Å². The van der Waals surface area contributed by atoms with E-state index in [1.54, 1.807) is 0 Å². The SMILES string of the molecule is NCCC[C@@H](C(=O)O)N1C(=O)C2CN(Cc3ccccc3)CC2C1=O. The minimum atomic E-state index is -1.14. The lowest BCUT2D eigenvalue weighted by Gasteiger charge is -2.25. The summed E-state index contributed by atoms with van der Waals surface area (Å²) in [5, 5.41) is 9.41. The van der Waals surface area contributed by atoms with Gasteiger partial charge in [-0.05, 0) is 24.9 Å². The van der Waals surface area contributed by atoms with E-state index < -0.39 is 23.8 Å². The highest BCUT2D eigenvalue weighted by Crippen LogP contribution is 2.35. The summed E-state index contributed by atoms with van der Waals surface area (Å²) in [5.74, 6) is -2.71. The molecule has 2 fully saturated rings. The largest absolute Gasteiger partial charge is 0.480 e. The molecule has 0 aliphatic carbocycles. The first-order chi connectivity index (χ1) is 12.0. The monoisotopic (exact) mass is 345 g/mol. The number of rotatable bonds is 7. The van der Waals surface area contributed by atoms with Gasteiger partial charge in [0.25, 0.3) is 0 Å². The van der Waals surface area contributed by atoms with Crippen LogP contribution in [-0.2, 0) is 20.9 Å². The van der Waals surface area contributed by atoms with Gasteiger partial charge in [0.15, 0.2) is 0 Å². The molecule has 0 radical (unpaired) electrons. The summed E-state index contributed by atoms with van der Waals surface area (Å²) >= 11 is 0. The van der Waals surface area contributed by atoms with Crippen LogP contribution in [0.3, 0.4) is 0 Å². The van der Waals surface area contributed by atoms with Crippen LogP contribution in [0.15, 0.2) is 30.3 Å². The predicted molar refractivity (Wildman–Crippen MR) is 90.3 cm³/mol. The van der Waals surface area contributed by atoms with Gasteiger partial charge in [0.1, 0.15) is 6.04 Å². The third-order valence-corrected chi connectivity index (χ3v) is 5.03. The number of carbonyl (C=O) groups is 3. The van der Waals surface area contributed by atoms with Crippen molar-refractivity contribution in [3.8, 4) is 0 Å². The van der Waals surface area contributed by atoms with Gasteiger partial charge in [0.05, 0.1) is 11.8 Å². The third kappa shape index (κ3) is 3.43. The highest BCUT2D eigenvalue weighted by Gasteiger charge is 2.55. The Labute approximate surface area is 146 Å². The number of benzene rings is 1. The number of nitrogens with two attached hydrogens (primary N) is 1. The Morgan fingerprint density at radius 2 is 1.76 bits per heavy atom. The number of hydrogen-bond donors (Lipinski definition) is 2. The van der Waals surface area contributed by atoms with Crippen molar-refractivity contribution >= 4 is 17.8 Å². The van der Waals surface area contributed by atoms with Gasteiger partial charge in [-0.15, -0.1) is 0 Å². The maximum atomic E-state index is 12.7. The van der Waals surface area contributed by atoms with Crippen LogP contribution in [-0.4, -0.2) is 58.4 Å². The Balaban J connectivity index is 1.69. The van der Waals surface area contributed by atoms with Crippen LogP contribution in [0.5, 0.6) is 0 Å². The number of likely N-dealkylation sites (tertiary alicyclic amines) is 2. The van der Waals surface area contributed by atoms with Crippen molar-refractivity contribution in [3.63, 3.8) is 0 Å². The number of fused-ring (bicyclic) bond motifs is 1. The summed E-state index contributed by atoms with van der Waals surface area (Å²) in [6.07, 6.45) is 0.667. The fraction of sp³-hybridized carbons (Fsp3) is 0.500. The molecule has 0 spiro atoms. The average Bonchev–Trinajstić information content (AvgIpc) is 3.10. The number of carbonyl (C=O) groups excluding carboxylic acids is 2. The van der Waals surface area contributed by atoms with Crippen LogP contribution >= 0.6 is 0 Å². The summed E-state index contributed by atoms with van der Waals surface area (Å²) in [5.41, 5.74) is 6.57. The zero-order valence-corrected chi connectivity index (χ0v) is 14.0. The van der Waals surface area contributed by atoms with Crippen molar-refractivity contribution < 1.29 is 19.5 Å². The molecule has 134 valence electrons. The van der Waals surface area contributed by atoms with Crippen LogP contribution in [0.2, 0.25) is 0 Å². The molecule has 1 aromatic carbocycles. The number of carboxylic acids is 1. The van der Waals surface area contributed by atoms with Crippen LogP contribution < -0.4 is 5.73 Å². The van der Waals surface area contributed by atoms with Gasteiger partial charge in [-0.2, -0.15) is 0 Å². The van der Waals surface area contributed by atoms with E-state index in [4.69, 9.17) is 5.73 Å². The van der Waals surface area contributed by atoms with E-state index in [1.807, 2.05) is 30.3 Å². The molecule has 25 heavy (non-hydrogen) atoms. The molecule has 2 unspecified atom stereocenters. The zero-order valence-electron chi connectivity index (χ0n) is 14.0. The Morgan fingerprint density at radius 3 is 2.28 bits per heavy atom. The van der Waals surface area contributed by atoms with E-state index in [2.05, 4.69) is 4.90 Å². The molecule has 2 aliphatic heterocycles. The summed E-state index contributed by atoms with van der Waals surface area (Å²) in [6.45, 7) is 2.00. The molecule has 3 N–H and O–H groups in total. The predicted octanol–water partition coefficient (Wildman–Crippen LogP) is 0.296. The smallest absolute Gasteiger partial charge is 0.326 e. The van der Waals surface area contributed by atoms with Crippen LogP contribution in [0.1, 0.15) is 18.4 Å². The summed E-state index contributed by atoms with van der Waals surface area (Å²) in [6, 6.07) is 8.78. The fourth-order valence-corrected chi connectivity index (χ4v) is 3.80. The number of carboxylic acid groups (broad SMARTS) is 1. The molecule has 0 bridgehead atoms. The van der Waals surface area contributed by atoms with Crippen molar-refractivity contribution in [1.82, 2.24) is 9.80 Å². The first kappa shape index (κ1) is 17.6. The van der Waals surface area contributed by atoms with Crippen LogP contribution in [0, 0.1) is 11.8 Å². The van der Waals surface area contributed by atoms with Gasteiger partial charge in [0, 0.05) is 19.6 Å². The van der Waals surface area contributed by atoms with Crippen molar-refractivity contribution in [3.05, 3.63) is 35.9 Å². The highest BCUT2D eigenvalue weighted by molar-refractivity contribution is 6.08. The molecule has 2 aliphatic rings. The average molecular weight is 345 g/mol. The third-order valence-electron chi connectivity index (χ3n) is 5.03. The summed E-state index contributed by atoms with van der Waals surface area (Å²) in [4.78, 5) is 40.0. The molecule has 1 aromatic rings. The first-order valence-electron chi connectivity index (χ1n) is 8.59. The first-order valence-corrected chi connectivity index (χ1v) is 8.59. The van der Waals surface area contributed by atoms with Crippen LogP contribution in [0.4, 0.5) is 0 Å². The molecule has 3 rings (SSSR count). The van der Waals surface area contributed by atoms with Gasteiger partial charge in [-0.3, -0.25) is 19.4 Å². The minimum absolute atomic E-state index is 0.205. The number of hydrogen-bond acceptors (Lipinski definition) is 5. The molecule has 2 amide bonds. The molecule has 0 saturated carbocycles. The van der Waals surface area contributed by atoms with Crippen LogP contribution in [0.25, 0.3) is 0 Å². The molecule has 2 saturated heterocycles. The molecule has 7 heteroatoms. The van der Waals surface area contributed by atoms with E-state index in [9.17, 15) is 19.5 Å². The molecule has 3 atom stereocenters. The lowest BCUT2D eigenvalue weighted by Crippen LogP contribution is -2.47. The van der Waals surface area contributed by atoms with Gasteiger partial charge in [-0.1, -0.05) is 30.3 Å². The minimum Gasteiger partial charge on any atom is -0.480 e. The maximum absolute atomic E-state index is 12.7. The van der Waals surface area contributed by atoms with Gasteiger partial charge in [-0.25, -0.2) is 4.79 Å². The van der Waals surface area contributed by atoms with Gasteiger partial charge in [0.2, 0.25) is 11.8 Å². The Hall–Kier alpha value is -2.25. The molecular formula is C18H23N3O4. The second-order valence-corrected chi connectivity index (χ2v) is 6.72. The quantitative estimate of drug-likeness (QED) is 0.689. The van der Waals surface area contributed by atoms with Gasteiger partial charge >= 0.3 is 5.97 Å².